The molecule has 0 radical (unpaired) electrons. The Kier molecular flexibility index (Phi) is 9.26. The van der Waals surface area contributed by atoms with Gasteiger partial charge in [-0.15, -0.1) is 0 Å². The molecule has 3 N–H and O–H groups in total. The van der Waals surface area contributed by atoms with Crippen molar-refractivity contribution in [1.29, 1.82) is 0 Å². The number of hydrogen-bond acceptors (Lipinski definition) is 5. The van der Waals surface area contributed by atoms with Crippen LogP contribution in [0.2, 0.25) is 0 Å². The average molecular weight is 570 g/mol. The number of carbonyl (C=O) groups is 2. The number of methoxy groups -OCH3 is 1. The van der Waals surface area contributed by atoms with E-state index in [1.54, 1.807) is 25.3 Å². The van der Waals surface area contributed by atoms with Crippen LogP contribution in [-0.4, -0.2) is 51.3 Å². The predicted molar refractivity (Wildman–Crippen MR) is 155 cm³/mol. The minimum atomic E-state index is -4.62. The van der Waals surface area contributed by atoms with Crippen molar-refractivity contribution < 1.29 is 27.5 Å². The van der Waals surface area contributed by atoms with Crippen LogP contribution in [-0.2, 0) is 6.18 Å². The van der Waals surface area contributed by atoms with E-state index >= 15 is 0 Å². The third-order valence-electron chi connectivity index (χ3n) is 7.02. The molecule has 1 aliphatic rings. The fraction of sp³-hybridized carbons (Fsp3) is 0.333. The van der Waals surface area contributed by atoms with Crippen molar-refractivity contribution in [2.24, 2.45) is 0 Å². The maximum Gasteiger partial charge on any atom is 0.418 e. The number of alkyl halides is 3. The summed E-state index contributed by atoms with van der Waals surface area (Å²) in [5.74, 6) is 0.495. The molecule has 3 amide bonds. The maximum absolute atomic E-state index is 13.4. The molecule has 1 aliphatic heterocycles. The number of anilines is 4. The summed E-state index contributed by atoms with van der Waals surface area (Å²) < 4.78 is 45.6. The van der Waals surface area contributed by atoms with Gasteiger partial charge < -0.3 is 30.5 Å². The highest BCUT2D eigenvalue weighted by Crippen LogP contribution is 2.35. The molecule has 0 bridgehead atoms. The van der Waals surface area contributed by atoms with Gasteiger partial charge >= 0.3 is 12.2 Å². The quantitative estimate of drug-likeness (QED) is 0.300. The average Bonchev–Trinajstić information content (AvgIpc) is 2.96. The third-order valence-corrected chi connectivity index (χ3v) is 7.02. The van der Waals surface area contributed by atoms with Crippen LogP contribution >= 0.6 is 0 Å². The molecule has 0 spiro atoms. The van der Waals surface area contributed by atoms with Crippen LogP contribution in [0.5, 0.6) is 5.75 Å². The van der Waals surface area contributed by atoms with Gasteiger partial charge in [-0.2, -0.15) is 13.2 Å². The predicted octanol–water partition coefficient (Wildman–Crippen LogP) is 6.21. The zero-order valence-electron chi connectivity index (χ0n) is 23.2. The summed E-state index contributed by atoms with van der Waals surface area (Å²) in [6.07, 6.45) is -3.89. The maximum atomic E-state index is 13.4. The van der Waals surface area contributed by atoms with Crippen LogP contribution in [0.25, 0.3) is 0 Å². The summed E-state index contributed by atoms with van der Waals surface area (Å²) in [4.78, 5) is 30.3. The van der Waals surface area contributed by atoms with Crippen LogP contribution in [0, 0.1) is 0 Å². The highest BCUT2D eigenvalue weighted by atomic mass is 19.4. The zero-order valence-corrected chi connectivity index (χ0v) is 23.2. The number of hydrogen-bond donors (Lipinski definition) is 3. The second-order valence-corrected chi connectivity index (χ2v) is 9.78. The lowest BCUT2D eigenvalue weighted by atomic mass is 10.1. The molecule has 0 aromatic heterocycles. The van der Waals surface area contributed by atoms with E-state index in [2.05, 4.69) is 25.8 Å². The minimum Gasteiger partial charge on any atom is -0.495 e. The van der Waals surface area contributed by atoms with Gasteiger partial charge in [0.05, 0.1) is 29.6 Å². The topological polar surface area (TPSA) is 85.9 Å². The molecule has 8 nitrogen and oxygen atoms in total. The summed E-state index contributed by atoms with van der Waals surface area (Å²) in [6, 6.07) is 16.6. The first kappa shape index (κ1) is 29.6. The van der Waals surface area contributed by atoms with E-state index in [9.17, 15) is 22.8 Å². The molecule has 3 aromatic carbocycles. The van der Waals surface area contributed by atoms with E-state index in [0.29, 0.717) is 37.4 Å². The molecule has 1 unspecified atom stereocenters. The fourth-order valence-corrected chi connectivity index (χ4v) is 4.68. The second-order valence-electron chi connectivity index (χ2n) is 9.78. The van der Waals surface area contributed by atoms with E-state index in [0.717, 1.165) is 23.9 Å². The molecule has 1 atom stereocenters. The third kappa shape index (κ3) is 7.22. The Hall–Kier alpha value is -4.41. The van der Waals surface area contributed by atoms with Gasteiger partial charge in [0.25, 0.3) is 5.91 Å². The zero-order chi connectivity index (χ0) is 29.6. The molecule has 1 heterocycles. The van der Waals surface area contributed by atoms with Crippen LogP contribution in [0.1, 0.15) is 36.2 Å². The van der Waals surface area contributed by atoms with Gasteiger partial charge in [-0.25, -0.2) is 4.79 Å². The number of piperazine rings is 1. The summed E-state index contributed by atoms with van der Waals surface area (Å²) in [5.41, 5.74) is 1.03. The molecular weight excluding hydrogens is 535 g/mol. The Balaban J connectivity index is 1.53. The van der Waals surface area contributed by atoms with Crippen LogP contribution in [0.3, 0.4) is 0 Å². The van der Waals surface area contributed by atoms with Gasteiger partial charge in [-0.1, -0.05) is 31.2 Å². The number of rotatable bonds is 8. The SMILES string of the molecule is CCC(C)NC(=O)c1cc(NC(=O)Nc2ccccc2C(F)(F)F)ccc1N1CCN(c2ccccc2OC)CC1. The monoisotopic (exact) mass is 569 g/mol. The molecule has 41 heavy (non-hydrogen) atoms. The summed E-state index contributed by atoms with van der Waals surface area (Å²) >= 11 is 0. The first-order valence-corrected chi connectivity index (χ1v) is 13.4. The molecule has 4 rings (SSSR count). The number of halogens is 3. The number of nitrogens with one attached hydrogen (secondary N) is 3. The first-order chi connectivity index (χ1) is 19.6. The van der Waals surface area contributed by atoms with Crippen molar-refractivity contribution in [2.75, 3.05) is 53.7 Å². The number of amides is 3. The van der Waals surface area contributed by atoms with Crippen molar-refractivity contribution in [2.45, 2.75) is 32.5 Å². The lowest BCUT2D eigenvalue weighted by Gasteiger charge is -2.38. The van der Waals surface area contributed by atoms with E-state index in [1.807, 2.05) is 38.1 Å². The van der Waals surface area contributed by atoms with E-state index in [4.69, 9.17) is 4.74 Å². The molecule has 1 fully saturated rings. The Morgan fingerprint density at radius 2 is 1.54 bits per heavy atom. The van der Waals surface area contributed by atoms with Gasteiger partial charge in [-0.3, -0.25) is 4.79 Å². The molecule has 0 saturated carbocycles. The van der Waals surface area contributed by atoms with Gasteiger partial charge in [0.2, 0.25) is 0 Å². The van der Waals surface area contributed by atoms with Crippen molar-refractivity contribution in [3.8, 4) is 5.75 Å². The minimum absolute atomic E-state index is 0.0727. The molecule has 3 aromatic rings. The fourth-order valence-electron chi connectivity index (χ4n) is 4.68. The number of benzene rings is 3. The summed E-state index contributed by atoms with van der Waals surface area (Å²) in [7, 11) is 1.64. The van der Waals surface area contributed by atoms with Crippen LogP contribution in [0.15, 0.2) is 66.7 Å². The Morgan fingerprint density at radius 1 is 0.902 bits per heavy atom. The normalized spacial score (nSPS) is 14.3. The lowest BCUT2D eigenvalue weighted by Crippen LogP contribution is -2.47. The molecule has 1 saturated heterocycles. The van der Waals surface area contributed by atoms with Crippen molar-refractivity contribution in [3.05, 3.63) is 77.9 Å². The summed E-state index contributed by atoms with van der Waals surface area (Å²) in [6.45, 7) is 6.55. The Labute approximate surface area is 237 Å². The highest BCUT2D eigenvalue weighted by Gasteiger charge is 2.33. The Bertz CT molecular complexity index is 1370. The van der Waals surface area contributed by atoms with E-state index < -0.39 is 17.8 Å². The van der Waals surface area contributed by atoms with Gasteiger partial charge in [0, 0.05) is 43.6 Å². The van der Waals surface area contributed by atoms with Crippen molar-refractivity contribution in [1.82, 2.24) is 5.32 Å². The number of carbonyl (C=O) groups excluding carboxylic acids is 2. The summed E-state index contributed by atoms with van der Waals surface area (Å²) in [5, 5.41) is 7.81. The van der Waals surface area contributed by atoms with Gasteiger partial charge in [0.1, 0.15) is 5.75 Å². The largest absolute Gasteiger partial charge is 0.495 e. The van der Waals surface area contributed by atoms with Crippen LogP contribution < -0.4 is 30.5 Å². The standard InChI is InChI=1S/C30H34F3N5O3/c1-4-20(2)34-28(39)22-19-21(35-29(40)36-24-10-6-5-9-23(24)30(31,32)33)13-14-25(22)37-15-17-38(18-16-37)26-11-7-8-12-27(26)41-3/h5-14,19-20H,4,15-18H2,1-3H3,(H,34,39)(H2,35,36,40). The first-order valence-electron chi connectivity index (χ1n) is 13.4. The Morgan fingerprint density at radius 3 is 2.20 bits per heavy atom. The second kappa shape index (κ2) is 12.8. The number of para-hydroxylation sites is 3. The van der Waals surface area contributed by atoms with Gasteiger partial charge in [0.15, 0.2) is 0 Å². The van der Waals surface area contributed by atoms with Crippen molar-refractivity contribution in [3.63, 3.8) is 0 Å². The molecule has 218 valence electrons. The van der Waals surface area contributed by atoms with Crippen molar-refractivity contribution >= 4 is 34.7 Å². The number of ether oxygens (including phenoxy) is 1. The smallest absolute Gasteiger partial charge is 0.418 e. The molecule has 11 heteroatoms. The number of urea groups is 1. The van der Waals surface area contributed by atoms with Gasteiger partial charge in [-0.05, 0) is 55.8 Å². The van der Waals surface area contributed by atoms with E-state index in [1.165, 1.54) is 18.2 Å². The molecular formula is C30H34F3N5O3. The number of nitrogens with zero attached hydrogens (tertiary/aromatic N) is 2. The van der Waals surface area contributed by atoms with E-state index in [-0.39, 0.29) is 23.3 Å². The highest BCUT2D eigenvalue weighted by molar-refractivity contribution is 6.04. The molecule has 0 aliphatic carbocycles. The lowest BCUT2D eigenvalue weighted by molar-refractivity contribution is -0.136. The van der Waals surface area contributed by atoms with Crippen LogP contribution in [0.4, 0.5) is 40.7 Å².